The first-order valence-corrected chi connectivity index (χ1v) is 7.71. The predicted octanol–water partition coefficient (Wildman–Crippen LogP) is 3.47. The molecule has 2 aromatic rings. The molecule has 3 nitrogen and oxygen atoms in total. The molecule has 3 heteroatoms. The molecule has 22 heavy (non-hydrogen) atoms. The van der Waals surface area contributed by atoms with Gasteiger partial charge < -0.3 is 0 Å². The molecular weight excluding hydrogens is 274 g/mol. The van der Waals surface area contributed by atoms with Gasteiger partial charge in [0.1, 0.15) is 0 Å². The van der Waals surface area contributed by atoms with Gasteiger partial charge in [-0.15, -0.1) is 0 Å². The van der Waals surface area contributed by atoms with E-state index in [1.54, 1.807) is 0 Å². The van der Waals surface area contributed by atoms with E-state index in [0.717, 1.165) is 16.2 Å². The van der Waals surface area contributed by atoms with Crippen molar-refractivity contribution in [1.29, 1.82) is 0 Å². The number of carbonyl (C=O) groups excluding carboxylic acids is 1. The van der Waals surface area contributed by atoms with Crippen molar-refractivity contribution in [2.45, 2.75) is 31.7 Å². The van der Waals surface area contributed by atoms with Gasteiger partial charge in [-0.2, -0.15) is 0 Å². The van der Waals surface area contributed by atoms with Gasteiger partial charge in [0.25, 0.3) is 0 Å². The van der Waals surface area contributed by atoms with Gasteiger partial charge >= 0.3 is 0 Å². The van der Waals surface area contributed by atoms with Gasteiger partial charge in [-0.3, -0.25) is 10.0 Å². The maximum atomic E-state index is 12.1. The third-order valence-corrected chi connectivity index (χ3v) is 4.76. The molecule has 3 rings (SSSR count). The molecule has 0 bridgehead atoms. The van der Waals surface area contributed by atoms with Crippen molar-refractivity contribution >= 4 is 5.91 Å². The molecule has 1 N–H and O–H groups in total. The van der Waals surface area contributed by atoms with Gasteiger partial charge in [0, 0.05) is 6.42 Å². The summed E-state index contributed by atoms with van der Waals surface area (Å²) in [6.07, 6.45) is 1.72. The van der Waals surface area contributed by atoms with Crippen molar-refractivity contribution in [2.75, 3.05) is 0 Å². The summed E-state index contributed by atoms with van der Waals surface area (Å²) in [4.78, 5) is 12.1. The van der Waals surface area contributed by atoms with Crippen LogP contribution in [0.2, 0.25) is 0 Å². The van der Waals surface area contributed by atoms with Crippen LogP contribution in [0.4, 0.5) is 0 Å². The zero-order valence-electron chi connectivity index (χ0n) is 12.8. The Balaban J connectivity index is 1.97. The molecular formula is C19H21NO2. The van der Waals surface area contributed by atoms with Gasteiger partial charge in [0.15, 0.2) is 0 Å². The van der Waals surface area contributed by atoms with E-state index in [0.29, 0.717) is 19.3 Å². The third-order valence-electron chi connectivity index (χ3n) is 4.76. The van der Waals surface area contributed by atoms with Crippen LogP contribution < -0.4 is 0 Å². The molecule has 1 saturated heterocycles. The highest BCUT2D eigenvalue weighted by Crippen LogP contribution is 2.39. The highest BCUT2D eigenvalue weighted by atomic mass is 16.5. The highest BCUT2D eigenvalue weighted by molar-refractivity contribution is 5.79. The first-order chi connectivity index (χ1) is 10.6. The summed E-state index contributed by atoms with van der Waals surface area (Å²) in [5, 5.41) is 11.5. The SMILES string of the molecule is C[C@@H]1CC(=O)N(O)C1(Cc1ccccc1)Cc1ccccc1. The maximum absolute atomic E-state index is 12.1. The second kappa shape index (κ2) is 5.93. The lowest BCUT2D eigenvalue weighted by atomic mass is 9.77. The standard InChI is InChI=1S/C19H21NO2/c1-15-12-18(21)20(22)19(15,13-16-8-4-2-5-9-16)14-17-10-6-3-7-11-17/h2-11,15,22H,12-14H2,1H3/t15-/m1/s1. The largest absolute Gasteiger partial charge is 0.285 e. The number of hydrogen-bond acceptors (Lipinski definition) is 2. The summed E-state index contributed by atoms with van der Waals surface area (Å²) in [7, 11) is 0. The summed E-state index contributed by atoms with van der Waals surface area (Å²) in [6, 6.07) is 20.1. The Morgan fingerprint density at radius 3 is 1.82 bits per heavy atom. The Labute approximate surface area is 131 Å². The second-order valence-corrected chi connectivity index (χ2v) is 6.24. The molecule has 1 heterocycles. The van der Waals surface area contributed by atoms with E-state index in [4.69, 9.17) is 0 Å². The van der Waals surface area contributed by atoms with Crippen LogP contribution in [0.3, 0.4) is 0 Å². The molecule has 1 atom stereocenters. The molecule has 2 aromatic carbocycles. The van der Waals surface area contributed by atoms with Crippen molar-refractivity contribution in [3.8, 4) is 0 Å². The number of nitrogens with zero attached hydrogens (tertiary/aromatic N) is 1. The van der Waals surface area contributed by atoms with E-state index < -0.39 is 5.54 Å². The minimum atomic E-state index is -0.570. The molecule has 0 aromatic heterocycles. The van der Waals surface area contributed by atoms with Gasteiger partial charge in [-0.1, -0.05) is 67.6 Å². The molecule has 0 aliphatic carbocycles. The van der Waals surface area contributed by atoms with Gasteiger partial charge in [-0.05, 0) is 29.9 Å². The van der Waals surface area contributed by atoms with Crippen molar-refractivity contribution in [1.82, 2.24) is 5.06 Å². The van der Waals surface area contributed by atoms with Crippen LogP contribution in [0.15, 0.2) is 60.7 Å². The van der Waals surface area contributed by atoms with E-state index in [9.17, 15) is 10.0 Å². The zero-order chi connectivity index (χ0) is 15.6. The topological polar surface area (TPSA) is 40.5 Å². The van der Waals surface area contributed by atoms with Crippen molar-refractivity contribution in [2.24, 2.45) is 5.92 Å². The van der Waals surface area contributed by atoms with E-state index in [-0.39, 0.29) is 11.8 Å². The van der Waals surface area contributed by atoms with Crippen LogP contribution in [0.1, 0.15) is 24.5 Å². The average molecular weight is 295 g/mol. The molecule has 0 unspecified atom stereocenters. The zero-order valence-corrected chi connectivity index (χ0v) is 12.8. The molecule has 1 fully saturated rings. The lowest BCUT2D eigenvalue weighted by Gasteiger charge is -2.38. The molecule has 0 radical (unpaired) electrons. The summed E-state index contributed by atoms with van der Waals surface area (Å²) in [5.41, 5.74) is 1.71. The van der Waals surface area contributed by atoms with E-state index >= 15 is 0 Å². The molecule has 1 amide bonds. The Hall–Kier alpha value is -2.13. The van der Waals surface area contributed by atoms with Crippen LogP contribution in [-0.2, 0) is 17.6 Å². The molecule has 1 aliphatic rings. The van der Waals surface area contributed by atoms with Gasteiger partial charge in [0.2, 0.25) is 5.91 Å². The number of amides is 1. The molecule has 0 spiro atoms. The summed E-state index contributed by atoms with van der Waals surface area (Å²) in [6.45, 7) is 2.06. The lowest BCUT2D eigenvalue weighted by Crippen LogP contribution is -2.50. The summed E-state index contributed by atoms with van der Waals surface area (Å²) < 4.78 is 0. The van der Waals surface area contributed by atoms with Crippen LogP contribution in [0.5, 0.6) is 0 Å². The van der Waals surface area contributed by atoms with E-state index in [1.807, 2.05) is 36.4 Å². The molecule has 0 saturated carbocycles. The number of carbonyl (C=O) groups is 1. The summed E-state index contributed by atoms with van der Waals surface area (Å²) >= 11 is 0. The fourth-order valence-corrected chi connectivity index (χ4v) is 3.45. The van der Waals surface area contributed by atoms with Crippen molar-refractivity contribution in [3.05, 3.63) is 71.8 Å². The smallest absolute Gasteiger partial charge is 0.246 e. The summed E-state index contributed by atoms with van der Waals surface area (Å²) in [5.74, 6) is -0.0789. The lowest BCUT2D eigenvalue weighted by molar-refractivity contribution is -0.183. The Bertz CT molecular complexity index is 597. The Kier molecular flexibility index (Phi) is 3.99. The average Bonchev–Trinajstić information content (AvgIpc) is 2.73. The maximum Gasteiger partial charge on any atom is 0.246 e. The van der Waals surface area contributed by atoms with Gasteiger partial charge in [-0.25, -0.2) is 5.06 Å². The van der Waals surface area contributed by atoms with Gasteiger partial charge in [0.05, 0.1) is 5.54 Å². The third kappa shape index (κ3) is 2.64. The van der Waals surface area contributed by atoms with Crippen LogP contribution in [0, 0.1) is 5.92 Å². The Morgan fingerprint density at radius 1 is 1.00 bits per heavy atom. The minimum Gasteiger partial charge on any atom is -0.285 e. The van der Waals surface area contributed by atoms with Crippen LogP contribution in [-0.4, -0.2) is 21.7 Å². The quantitative estimate of drug-likeness (QED) is 0.877. The monoisotopic (exact) mass is 295 g/mol. The first-order valence-electron chi connectivity index (χ1n) is 7.71. The predicted molar refractivity (Wildman–Crippen MR) is 85.4 cm³/mol. The normalized spacial score (nSPS) is 20.4. The van der Waals surface area contributed by atoms with Crippen molar-refractivity contribution < 1.29 is 10.0 Å². The second-order valence-electron chi connectivity index (χ2n) is 6.24. The fraction of sp³-hybridized carbons (Fsp3) is 0.316. The Morgan fingerprint density at radius 2 is 1.45 bits per heavy atom. The number of benzene rings is 2. The van der Waals surface area contributed by atoms with E-state index in [2.05, 4.69) is 31.2 Å². The van der Waals surface area contributed by atoms with Crippen LogP contribution in [0.25, 0.3) is 0 Å². The fourth-order valence-electron chi connectivity index (χ4n) is 3.45. The first kappa shape index (κ1) is 14.8. The number of rotatable bonds is 4. The molecule has 114 valence electrons. The minimum absolute atomic E-state index is 0.102. The molecule has 1 aliphatic heterocycles. The highest BCUT2D eigenvalue weighted by Gasteiger charge is 2.50. The number of hydrogen-bond donors (Lipinski definition) is 1. The van der Waals surface area contributed by atoms with E-state index in [1.165, 1.54) is 0 Å². The van der Waals surface area contributed by atoms with Crippen molar-refractivity contribution in [3.63, 3.8) is 0 Å². The van der Waals surface area contributed by atoms with Crippen LogP contribution >= 0.6 is 0 Å². The number of hydroxylamine groups is 2.